The highest BCUT2D eigenvalue weighted by Crippen LogP contribution is 2.21. The van der Waals surface area contributed by atoms with E-state index in [1.165, 1.54) is 0 Å². The highest BCUT2D eigenvalue weighted by atomic mass is 16.2. The van der Waals surface area contributed by atoms with Crippen LogP contribution < -0.4 is 0 Å². The summed E-state index contributed by atoms with van der Waals surface area (Å²) in [5, 5.41) is 8.66. The summed E-state index contributed by atoms with van der Waals surface area (Å²) in [7, 11) is 1.92. The summed E-state index contributed by atoms with van der Waals surface area (Å²) in [6, 6.07) is 2.17. The summed E-state index contributed by atoms with van der Waals surface area (Å²) in [5.41, 5.74) is 3.10. The number of hydrogen-bond acceptors (Lipinski definition) is 3. The molecular weight excluding hydrogens is 278 g/mol. The second-order valence-electron chi connectivity index (χ2n) is 6.06. The van der Waals surface area contributed by atoms with Gasteiger partial charge in [-0.3, -0.25) is 14.2 Å². The van der Waals surface area contributed by atoms with Gasteiger partial charge in [-0.05, 0) is 32.8 Å². The second-order valence-corrected chi connectivity index (χ2v) is 6.06. The Morgan fingerprint density at radius 1 is 1.41 bits per heavy atom. The third kappa shape index (κ3) is 2.77. The van der Waals surface area contributed by atoms with Gasteiger partial charge >= 0.3 is 0 Å². The predicted molar refractivity (Wildman–Crippen MR) is 83.3 cm³/mol. The summed E-state index contributed by atoms with van der Waals surface area (Å²) in [6.07, 6.45) is 6.31. The molecule has 22 heavy (non-hydrogen) atoms. The number of aromatic nitrogens is 4. The van der Waals surface area contributed by atoms with Crippen LogP contribution >= 0.6 is 0 Å². The van der Waals surface area contributed by atoms with E-state index in [1.54, 1.807) is 6.20 Å². The van der Waals surface area contributed by atoms with Crippen LogP contribution in [0.25, 0.3) is 0 Å². The molecule has 1 aliphatic heterocycles. The lowest BCUT2D eigenvalue weighted by atomic mass is 10.1. The van der Waals surface area contributed by atoms with Crippen LogP contribution in [0.1, 0.15) is 29.8 Å². The molecule has 0 saturated carbocycles. The lowest BCUT2D eigenvalue weighted by Crippen LogP contribution is -2.39. The highest BCUT2D eigenvalue weighted by molar-refractivity contribution is 5.79. The van der Waals surface area contributed by atoms with Crippen molar-refractivity contribution in [2.45, 2.75) is 45.7 Å². The van der Waals surface area contributed by atoms with Crippen LogP contribution in [0, 0.1) is 13.8 Å². The van der Waals surface area contributed by atoms with Crippen molar-refractivity contribution in [1.82, 2.24) is 24.5 Å². The first kappa shape index (κ1) is 14.8. The fourth-order valence-electron chi connectivity index (χ4n) is 3.30. The largest absolute Gasteiger partial charge is 0.338 e. The van der Waals surface area contributed by atoms with E-state index in [0.29, 0.717) is 6.42 Å². The minimum Gasteiger partial charge on any atom is -0.338 e. The van der Waals surface area contributed by atoms with E-state index >= 15 is 0 Å². The van der Waals surface area contributed by atoms with E-state index in [0.717, 1.165) is 42.9 Å². The number of nitrogens with zero attached hydrogens (tertiary/aromatic N) is 5. The van der Waals surface area contributed by atoms with Crippen LogP contribution in [0.3, 0.4) is 0 Å². The molecular formula is C16H23N5O. The summed E-state index contributed by atoms with van der Waals surface area (Å²) >= 11 is 0. The van der Waals surface area contributed by atoms with E-state index in [2.05, 4.69) is 10.2 Å². The van der Waals surface area contributed by atoms with E-state index in [4.69, 9.17) is 0 Å². The van der Waals surface area contributed by atoms with E-state index < -0.39 is 0 Å². The minimum absolute atomic E-state index is 0.203. The molecule has 6 nitrogen and oxygen atoms in total. The first-order valence-corrected chi connectivity index (χ1v) is 7.82. The fraction of sp³-hybridized carbons (Fsp3) is 0.562. The average molecular weight is 301 g/mol. The summed E-state index contributed by atoms with van der Waals surface area (Å²) in [4.78, 5) is 14.7. The molecule has 0 spiro atoms. The molecule has 1 amide bonds. The van der Waals surface area contributed by atoms with Crippen molar-refractivity contribution in [1.29, 1.82) is 0 Å². The predicted octanol–water partition coefficient (Wildman–Crippen LogP) is 1.47. The molecule has 1 fully saturated rings. The average Bonchev–Trinajstić information content (AvgIpc) is 3.19. The molecule has 0 N–H and O–H groups in total. The second kappa shape index (κ2) is 5.94. The molecule has 2 aromatic rings. The van der Waals surface area contributed by atoms with Gasteiger partial charge in [0.25, 0.3) is 0 Å². The maximum absolute atomic E-state index is 12.7. The number of likely N-dealkylation sites (tertiary alicyclic amines) is 1. The van der Waals surface area contributed by atoms with Gasteiger partial charge in [-0.2, -0.15) is 10.2 Å². The maximum atomic E-state index is 12.7. The SMILES string of the molecule is Cc1nn(C)c(C)c1CC(=O)N1CCC[C@H]1Cn1cccn1. The zero-order chi connectivity index (χ0) is 15.7. The molecule has 2 aromatic heterocycles. The van der Waals surface area contributed by atoms with Crippen LogP contribution in [0.15, 0.2) is 18.5 Å². The summed E-state index contributed by atoms with van der Waals surface area (Å²) < 4.78 is 3.76. The van der Waals surface area contributed by atoms with Crippen LogP contribution in [-0.2, 0) is 24.8 Å². The number of carbonyl (C=O) groups excluding carboxylic acids is 1. The molecule has 1 atom stereocenters. The number of carbonyl (C=O) groups is 1. The zero-order valence-corrected chi connectivity index (χ0v) is 13.5. The van der Waals surface area contributed by atoms with Gasteiger partial charge in [-0.25, -0.2) is 0 Å². The molecule has 0 aliphatic carbocycles. The summed E-state index contributed by atoms with van der Waals surface area (Å²) in [5.74, 6) is 0.203. The number of aryl methyl sites for hydroxylation is 2. The molecule has 3 rings (SSSR count). The minimum atomic E-state index is 0.203. The third-order valence-electron chi connectivity index (χ3n) is 4.64. The topological polar surface area (TPSA) is 56.0 Å². The van der Waals surface area contributed by atoms with E-state index in [-0.39, 0.29) is 11.9 Å². The van der Waals surface area contributed by atoms with Crippen molar-refractivity contribution < 1.29 is 4.79 Å². The van der Waals surface area contributed by atoms with Crippen molar-refractivity contribution in [3.05, 3.63) is 35.4 Å². The number of amides is 1. The van der Waals surface area contributed by atoms with Gasteiger partial charge in [0.15, 0.2) is 0 Å². The molecule has 0 unspecified atom stereocenters. The molecule has 6 heteroatoms. The first-order valence-electron chi connectivity index (χ1n) is 7.82. The standard InChI is InChI=1S/C16H23N5O/c1-12-15(13(2)19(3)18-12)10-16(22)21-9-4-6-14(21)11-20-8-5-7-17-20/h5,7-8,14H,4,6,9-11H2,1-3H3/t14-/m0/s1. The van der Waals surface area contributed by atoms with Crippen LogP contribution in [-0.4, -0.2) is 43.0 Å². The Morgan fingerprint density at radius 2 is 2.23 bits per heavy atom. The zero-order valence-electron chi connectivity index (χ0n) is 13.5. The third-order valence-corrected chi connectivity index (χ3v) is 4.64. The van der Waals surface area contributed by atoms with Gasteiger partial charge in [-0.1, -0.05) is 0 Å². The maximum Gasteiger partial charge on any atom is 0.227 e. The Kier molecular flexibility index (Phi) is 4.00. The Bertz CT molecular complexity index is 658. The van der Waals surface area contributed by atoms with Crippen LogP contribution in [0.5, 0.6) is 0 Å². The molecule has 0 radical (unpaired) electrons. The number of rotatable bonds is 4. The smallest absolute Gasteiger partial charge is 0.227 e. The Hall–Kier alpha value is -2.11. The number of hydrogen-bond donors (Lipinski definition) is 0. The Labute approximate surface area is 130 Å². The molecule has 118 valence electrons. The molecule has 0 bridgehead atoms. The van der Waals surface area contributed by atoms with Gasteiger partial charge < -0.3 is 4.90 Å². The molecule has 1 saturated heterocycles. The van der Waals surface area contributed by atoms with Crippen molar-refractivity contribution >= 4 is 5.91 Å². The summed E-state index contributed by atoms with van der Waals surface area (Å²) in [6.45, 7) is 5.63. The van der Waals surface area contributed by atoms with Crippen molar-refractivity contribution in [2.24, 2.45) is 7.05 Å². The van der Waals surface area contributed by atoms with Gasteiger partial charge in [-0.15, -0.1) is 0 Å². The van der Waals surface area contributed by atoms with E-state index in [1.807, 2.05) is 47.4 Å². The molecule has 1 aliphatic rings. The van der Waals surface area contributed by atoms with Gasteiger partial charge in [0.2, 0.25) is 5.91 Å². The van der Waals surface area contributed by atoms with E-state index in [9.17, 15) is 4.79 Å². The van der Waals surface area contributed by atoms with Crippen molar-refractivity contribution in [3.63, 3.8) is 0 Å². The monoisotopic (exact) mass is 301 g/mol. The van der Waals surface area contributed by atoms with Crippen LogP contribution in [0.2, 0.25) is 0 Å². The highest BCUT2D eigenvalue weighted by Gasteiger charge is 2.29. The van der Waals surface area contributed by atoms with Crippen molar-refractivity contribution in [2.75, 3.05) is 6.54 Å². The van der Waals surface area contributed by atoms with Crippen molar-refractivity contribution in [3.8, 4) is 0 Å². The van der Waals surface area contributed by atoms with Gasteiger partial charge in [0, 0.05) is 37.2 Å². The van der Waals surface area contributed by atoms with Gasteiger partial charge in [0.05, 0.1) is 24.7 Å². The Balaban J connectivity index is 1.70. The molecule has 3 heterocycles. The lowest BCUT2D eigenvalue weighted by Gasteiger charge is -2.25. The molecule has 0 aromatic carbocycles. The quantitative estimate of drug-likeness (QED) is 0.859. The fourth-order valence-corrected chi connectivity index (χ4v) is 3.30. The normalized spacial score (nSPS) is 18.1. The Morgan fingerprint density at radius 3 is 2.86 bits per heavy atom. The van der Waals surface area contributed by atoms with Gasteiger partial charge in [0.1, 0.15) is 0 Å². The lowest BCUT2D eigenvalue weighted by molar-refractivity contribution is -0.131. The first-order chi connectivity index (χ1) is 10.6. The van der Waals surface area contributed by atoms with Crippen LogP contribution in [0.4, 0.5) is 0 Å².